The number of aromatic nitrogens is 2. The summed E-state index contributed by atoms with van der Waals surface area (Å²) >= 11 is 1.37. The van der Waals surface area contributed by atoms with Gasteiger partial charge in [-0.3, -0.25) is 4.79 Å². The fraction of sp³-hybridized carbons (Fsp3) is 0.0625. The van der Waals surface area contributed by atoms with Crippen molar-refractivity contribution >= 4 is 22.9 Å². The Hall–Kier alpha value is -2.93. The molecule has 0 radical (unpaired) electrons. The molecule has 0 aliphatic rings. The van der Waals surface area contributed by atoms with Crippen molar-refractivity contribution in [3.05, 3.63) is 59.2 Å². The number of anilines is 1. The maximum Gasteiger partial charge on any atom is 0.275 e. The van der Waals surface area contributed by atoms with Crippen molar-refractivity contribution < 1.29 is 14.3 Å². The second kappa shape index (κ2) is 6.89. The molecule has 2 aromatic heterocycles. The Labute approximate surface area is 136 Å². The van der Waals surface area contributed by atoms with E-state index in [0.29, 0.717) is 28.8 Å². The Kier molecular flexibility index (Phi) is 4.49. The first kappa shape index (κ1) is 15.0. The molecule has 3 rings (SSSR count). The second-order valence-corrected chi connectivity index (χ2v) is 5.18. The Morgan fingerprint density at radius 3 is 2.61 bits per heavy atom. The fourth-order valence-corrected chi connectivity index (χ4v) is 2.38. The average molecular weight is 327 g/mol. The van der Waals surface area contributed by atoms with Gasteiger partial charge in [0.25, 0.3) is 5.91 Å². The summed E-state index contributed by atoms with van der Waals surface area (Å²) in [4.78, 5) is 20.0. The van der Waals surface area contributed by atoms with Gasteiger partial charge in [0.15, 0.2) is 11.5 Å². The number of ether oxygens (including phenoxy) is 2. The van der Waals surface area contributed by atoms with Gasteiger partial charge in [0, 0.05) is 11.4 Å². The first-order chi connectivity index (χ1) is 11.3. The van der Waals surface area contributed by atoms with Gasteiger partial charge in [-0.1, -0.05) is 12.1 Å². The summed E-state index contributed by atoms with van der Waals surface area (Å²) in [6.07, 6.45) is 1.52. The third-order valence-electron chi connectivity index (χ3n) is 2.94. The van der Waals surface area contributed by atoms with Gasteiger partial charge in [0.1, 0.15) is 5.69 Å². The standard InChI is InChI=1S/C16H13N3O3S/c1-21-13-4-2-3-5-14(13)22-15-7-6-11(8-17-15)19-16(20)12-9-23-10-18-12/h2-10H,1H3,(H,19,20). The van der Waals surface area contributed by atoms with Crippen LogP contribution in [0.2, 0.25) is 0 Å². The van der Waals surface area contributed by atoms with E-state index < -0.39 is 0 Å². The largest absolute Gasteiger partial charge is 0.493 e. The average Bonchev–Trinajstić information content (AvgIpc) is 3.12. The zero-order valence-corrected chi connectivity index (χ0v) is 13.0. The molecular weight excluding hydrogens is 314 g/mol. The number of hydrogen-bond donors (Lipinski definition) is 1. The molecule has 3 aromatic rings. The summed E-state index contributed by atoms with van der Waals surface area (Å²) in [5, 5.41) is 4.40. The molecule has 0 fully saturated rings. The lowest BCUT2D eigenvalue weighted by Crippen LogP contribution is -2.12. The number of nitrogens with zero attached hydrogens (tertiary/aromatic N) is 2. The molecule has 0 bridgehead atoms. The van der Waals surface area contributed by atoms with E-state index in [2.05, 4.69) is 15.3 Å². The van der Waals surface area contributed by atoms with E-state index in [1.807, 2.05) is 12.1 Å². The first-order valence-electron chi connectivity index (χ1n) is 6.73. The number of benzene rings is 1. The predicted octanol–water partition coefficient (Wildman–Crippen LogP) is 3.59. The van der Waals surface area contributed by atoms with Crippen LogP contribution in [0.1, 0.15) is 10.5 Å². The third-order valence-corrected chi connectivity index (χ3v) is 3.53. The predicted molar refractivity (Wildman–Crippen MR) is 87.4 cm³/mol. The molecule has 23 heavy (non-hydrogen) atoms. The normalized spacial score (nSPS) is 10.1. The van der Waals surface area contributed by atoms with E-state index in [9.17, 15) is 4.79 Å². The van der Waals surface area contributed by atoms with Gasteiger partial charge in [-0.25, -0.2) is 9.97 Å². The van der Waals surface area contributed by atoms with E-state index in [-0.39, 0.29) is 5.91 Å². The molecule has 0 aliphatic heterocycles. The molecule has 0 saturated heterocycles. The molecule has 116 valence electrons. The Balaban J connectivity index is 1.68. The van der Waals surface area contributed by atoms with E-state index >= 15 is 0 Å². The summed E-state index contributed by atoms with van der Waals surface area (Å²) in [7, 11) is 1.58. The number of carbonyl (C=O) groups is 1. The molecular formula is C16H13N3O3S. The van der Waals surface area contributed by atoms with Crippen molar-refractivity contribution in [2.75, 3.05) is 12.4 Å². The zero-order valence-electron chi connectivity index (χ0n) is 12.2. The quantitative estimate of drug-likeness (QED) is 0.775. The molecule has 0 saturated carbocycles. The first-order valence-corrected chi connectivity index (χ1v) is 7.67. The topological polar surface area (TPSA) is 73.3 Å². The molecule has 0 unspecified atom stereocenters. The highest BCUT2D eigenvalue weighted by molar-refractivity contribution is 7.07. The lowest BCUT2D eigenvalue weighted by molar-refractivity contribution is 0.102. The van der Waals surface area contributed by atoms with Crippen LogP contribution < -0.4 is 14.8 Å². The number of hydrogen-bond acceptors (Lipinski definition) is 6. The molecule has 1 aromatic carbocycles. The van der Waals surface area contributed by atoms with Crippen molar-refractivity contribution in [1.82, 2.24) is 9.97 Å². The molecule has 0 spiro atoms. The maximum absolute atomic E-state index is 11.9. The van der Waals surface area contributed by atoms with Gasteiger partial charge in [-0.2, -0.15) is 0 Å². The van der Waals surface area contributed by atoms with Gasteiger partial charge in [-0.15, -0.1) is 11.3 Å². The van der Waals surface area contributed by atoms with E-state index in [1.165, 1.54) is 17.5 Å². The lowest BCUT2D eigenvalue weighted by Gasteiger charge is -2.09. The van der Waals surface area contributed by atoms with Crippen LogP contribution in [0.25, 0.3) is 0 Å². The summed E-state index contributed by atoms with van der Waals surface area (Å²) in [6, 6.07) is 10.7. The van der Waals surface area contributed by atoms with Crippen LogP contribution in [0.5, 0.6) is 17.4 Å². The monoisotopic (exact) mass is 327 g/mol. The van der Waals surface area contributed by atoms with Gasteiger partial charge in [0.05, 0.1) is 24.5 Å². The van der Waals surface area contributed by atoms with Crippen LogP contribution in [0.4, 0.5) is 5.69 Å². The number of pyridine rings is 1. The molecule has 2 heterocycles. The Bertz CT molecular complexity index is 789. The highest BCUT2D eigenvalue weighted by Crippen LogP contribution is 2.30. The van der Waals surface area contributed by atoms with Crippen LogP contribution in [-0.4, -0.2) is 23.0 Å². The number of thiazole rings is 1. The van der Waals surface area contributed by atoms with E-state index in [1.54, 1.807) is 42.3 Å². The van der Waals surface area contributed by atoms with E-state index in [0.717, 1.165) is 0 Å². The van der Waals surface area contributed by atoms with Crippen LogP contribution in [0, 0.1) is 0 Å². The van der Waals surface area contributed by atoms with Crippen molar-refractivity contribution in [2.45, 2.75) is 0 Å². The van der Waals surface area contributed by atoms with Gasteiger partial charge < -0.3 is 14.8 Å². The highest BCUT2D eigenvalue weighted by atomic mass is 32.1. The minimum absolute atomic E-state index is 0.272. The molecule has 0 aliphatic carbocycles. The summed E-state index contributed by atoms with van der Waals surface area (Å²) in [6.45, 7) is 0. The molecule has 1 amide bonds. The molecule has 1 N–H and O–H groups in total. The maximum atomic E-state index is 11.9. The van der Waals surface area contributed by atoms with Gasteiger partial charge >= 0.3 is 0 Å². The lowest BCUT2D eigenvalue weighted by atomic mass is 10.3. The Morgan fingerprint density at radius 1 is 1.13 bits per heavy atom. The zero-order chi connectivity index (χ0) is 16.1. The number of amides is 1. The fourth-order valence-electron chi connectivity index (χ4n) is 1.85. The number of rotatable bonds is 5. The van der Waals surface area contributed by atoms with E-state index in [4.69, 9.17) is 9.47 Å². The number of methoxy groups -OCH3 is 1. The van der Waals surface area contributed by atoms with Crippen LogP contribution in [0.15, 0.2) is 53.5 Å². The Morgan fingerprint density at radius 2 is 1.96 bits per heavy atom. The highest BCUT2D eigenvalue weighted by Gasteiger charge is 2.09. The minimum atomic E-state index is -0.272. The van der Waals surface area contributed by atoms with Gasteiger partial charge in [-0.05, 0) is 18.2 Å². The van der Waals surface area contributed by atoms with Crippen LogP contribution in [0.3, 0.4) is 0 Å². The summed E-state index contributed by atoms with van der Waals surface area (Å²) in [5.74, 6) is 1.32. The summed E-state index contributed by atoms with van der Waals surface area (Å²) < 4.78 is 10.9. The number of carbonyl (C=O) groups excluding carboxylic acids is 1. The van der Waals surface area contributed by atoms with Crippen molar-refractivity contribution in [3.8, 4) is 17.4 Å². The third kappa shape index (κ3) is 3.64. The molecule has 0 atom stereocenters. The van der Waals surface area contributed by atoms with Crippen LogP contribution in [-0.2, 0) is 0 Å². The van der Waals surface area contributed by atoms with Gasteiger partial charge in [0.2, 0.25) is 5.88 Å². The van der Waals surface area contributed by atoms with Crippen LogP contribution >= 0.6 is 11.3 Å². The molecule has 7 heteroatoms. The minimum Gasteiger partial charge on any atom is -0.493 e. The van der Waals surface area contributed by atoms with Crippen molar-refractivity contribution in [2.24, 2.45) is 0 Å². The number of nitrogens with one attached hydrogen (secondary N) is 1. The second-order valence-electron chi connectivity index (χ2n) is 4.47. The van der Waals surface area contributed by atoms with Crippen molar-refractivity contribution in [1.29, 1.82) is 0 Å². The SMILES string of the molecule is COc1ccccc1Oc1ccc(NC(=O)c2cscn2)cn1. The number of para-hydroxylation sites is 2. The molecule has 6 nitrogen and oxygen atoms in total. The smallest absolute Gasteiger partial charge is 0.275 e. The summed E-state index contributed by atoms with van der Waals surface area (Å²) in [5.41, 5.74) is 2.55. The van der Waals surface area contributed by atoms with Crippen molar-refractivity contribution in [3.63, 3.8) is 0 Å².